The van der Waals surface area contributed by atoms with Gasteiger partial charge in [-0.2, -0.15) is 0 Å². The summed E-state index contributed by atoms with van der Waals surface area (Å²) in [6, 6.07) is 0.192. The van der Waals surface area contributed by atoms with E-state index in [1.54, 1.807) is 12.3 Å². The molecule has 1 aromatic heterocycles. The van der Waals surface area contributed by atoms with Crippen LogP contribution in [0, 0.1) is 0 Å². The number of nitrogens with one attached hydrogen (secondary N) is 3. The van der Waals surface area contributed by atoms with Crippen molar-refractivity contribution in [2.75, 3.05) is 25.0 Å². The van der Waals surface area contributed by atoms with Crippen molar-refractivity contribution in [3.63, 3.8) is 0 Å². The van der Waals surface area contributed by atoms with E-state index >= 15 is 0 Å². The lowest BCUT2D eigenvalue weighted by Crippen LogP contribution is -2.38. The number of ether oxygens (including phenoxy) is 1. The molecule has 0 saturated heterocycles. The van der Waals surface area contributed by atoms with E-state index in [2.05, 4.69) is 34.8 Å². The third-order valence-electron chi connectivity index (χ3n) is 3.23. The van der Waals surface area contributed by atoms with Gasteiger partial charge in [-0.1, -0.05) is 13.8 Å². The van der Waals surface area contributed by atoms with Crippen LogP contribution in [0.1, 0.15) is 39.3 Å². The van der Waals surface area contributed by atoms with Gasteiger partial charge >= 0.3 is 12.0 Å². The average molecular weight is 342 g/mol. The van der Waals surface area contributed by atoms with Crippen LogP contribution in [0.4, 0.5) is 9.93 Å². The molecule has 8 heteroatoms. The highest BCUT2D eigenvalue weighted by molar-refractivity contribution is 7.13. The standard InChI is InChI=1S/C15H26N4O3S/c1-4-11(5-2)16-7-8-17-14(21)19-15-18-12(10-23-15)9-13(20)22-6-3/h10-11,16H,4-9H2,1-3H3,(H2,17,18,19,21). The first kappa shape index (κ1) is 19.4. The first-order valence-corrected chi connectivity index (χ1v) is 8.85. The molecule has 130 valence electrons. The maximum Gasteiger partial charge on any atom is 0.321 e. The van der Waals surface area contributed by atoms with Gasteiger partial charge in [0.2, 0.25) is 0 Å². The first-order valence-electron chi connectivity index (χ1n) is 7.97. The van der Waals surface area contributed by atoms with Crippen molar-refractivity contribution in [1.82, 2.24) is 15.6 Å². The molecule has 1 aromatic rings. The summed E-state index contributed by atoms with van der Waals surface area (Å²) in [7, 11) is 0. The van der Waals surface area contributed by atoms with Crippen molar-refractivity contribution in [2.45, 2.75) is 46.1 Å². The minimum Gasteiger partial charge on any atom is -0.466 e. The van der Waals surface area contributed by atoms with Gasteiger partial charge < -0.3 is 15.4 Å². The minimum atomic E-state index is -0.318. The molecule has 0 aliphatic heterocycles. The van der Waals surface area contributed by atoms with Gasteiger partial charge in [0.25, 0.3) is 0 Å². The summed E-state index contributed by atoms with van der Waals surface area (Å²) in [6.45, 7) is 7.65. The SMILES string of the molecule is CCOC(=O)Cc1csc(NC(=O)NCCNC(CC)CC)n1. The van der Waals surface area contributed by atoms with Crippen LogP contribution in [0.25, 0.3) is 0 Å². The van der Waals surface area contributed by atoms with Crippen LogP contribution in [0.5, 0.6) is 0 Å². The smallest absolute Gasteiger partial charge is 0.321 e. The number of aromatic nitrogens is 1. The molecule has 0 aromatic carbocycles. The first-order chi connectivity index (χ1) is 11.1. The highest BCUT2D eigenvalue weighted by Gasteiger charge is 2.10. The molecule has 3 N–H and O–H groups in total. The summed E-state index contributed by atoms with van der Waals surface area (Å²) in [6.07, 6.45) is 2.27. The molecule has 0 saturated carbocycles. The molecule has 0 bridgehead atoms. The molecule has 0 fully saturated rings. The quantitative estimate of drug-likeness (QED) is 0.447. The van der Waals surface area contributed by atoms with E-state index in [1.165, 1.54) is 11.3 Å². The van der Waals surface area contributed by atoms with E-state index in [1.807, 2.05) is 0 Å². The molecular weight excluding hydrogens is 316 g/mol. The van der Waals surface area contributed by atoms with Gasteiger partial charge in [0.05, 0.1) is 18.7 Å². The topological polar surface area (TPSA) is 92.3 Å². The van der Waals surface area contributed by atoms with Gasteiger partial charge in [-0.05, 0) is 19.8 Å². The number of amides is 2. The summed E-state index contributed by atoms with van der Waals surface area (Å²) in [5.74, 6) is -0.318. The lowest BCUT2D eigenvalue weighted by Gasteiger charge is -2.14. The molecule has 0 radical (unpaired) electrons. The van der Waals surface area contributed by atoms with Crippen molar-refractivity contribution in [1.29, 1.82) is 0 Å². The average Bonchev–Trinajstić information content (AvgIpc) is 2.94. The Balaban J connectivity index is 2.26. The molecular formula is C15H26N4O3S. The van der Waals surface area contributed by atoms with Gasteiger partial charge in [0.15, 0.2) is 5.13 Å². The number of carbonyl (C=O) groups is 2. The number of hydrogen-bond acceptors (Lipinski definition) is 6. The van der Waals surface area contributed by atoms with Gasteiger partial charge in [-0.3, -0.25) is 10.1 Å². The Morgan fingerprint density at radius 1 is 1.26 bits per heavy atom. The number of anilines is 1. The Labute approximate surface area is 141 Å². The summed E-state index contributed by atoms with van der Waals surface area (Å²) < 4.78 is 4.86. The zero-order valence-electron chi connectivity index (χ0n) is 14.0. The fourth-order valence-corrected chi connectivity index (χ4v) is 2.68. The number of hydrogen-bond donors (Lipinski definition) is 3. The van der Waals surface area contributed by atoms with Gasteiger partial charge in [0.1, 0.15) is 0 Å². The Morgan fingerprint density at radius 3 is 2.65 bits per heavy atom. The number of thiazole rings is 1. The fraction of sp³-hybridized carbons (Fsp3) is 0.667. The van der Waals surface area contributed by atoms with Crippen molar-refractivity contribution in [2.24, 2.45) is 0 Å². The van der Waals surface area contributed by atoms with Crippen molar-refractivity contribution < 1.29 is 14.3 Å². The summed E-state index contributed by atoms with van der Waals surface area (Å²) in [4.78, 5) is 27.3. The second-order valence-corrected chi connectivity index (χ2v) is 5.83. The van der Waals surface area contributed by atoms with Crippen LogP contribution in [-0.4, -0.2) is 42.7 Å². The maximum absolute atomic E-state index is 11.8. The minimum absolute atomic E-state index is 0.118. The van der Waals surface area contributed by atoms with E-state index in [4.69, 9.17) is 4.74 Å². The van der Waals surface area contributed by atoms with Crippen LogP contribution in [0.15, 0.2) is 5.38 Å². The largest absolute Gasteiger partial charge is 0.466 e. The number of urea groups is 1. The fourth-order valence-electron chi connectivity index (χ4n) is 1.98. The monoisotopic (exact) mass is 342 g/mol. The van der Waals surface area contributed by atoms with Crippen molar-refractivity contribution in [3.8, 4) is 0 Å². The molecule has 0 aliphatic rings. The van der Waals surface area contributed by atoms with Crippen LogP contribution in [0.3, 0.4) is 0 Å². The molecule has 0 atom stereocenters. The molecule has 0 spiro atoms. The summed E-state index contributed by atoms with van der Waals surface area (Å²) in [5.41, 5.74) is 0.596. The predicted molar refractivity (Wildman–Crippen MR) is 91.8 cm³/mol. The lowest BCUT2D eigenvalue weighted by atomic mass is 10.2. The summed E-state index contributed by atoms with van der Waals surface area (Å²) in [5, 5.41) is 11.0. The zero-order valence-corrected chi connectivity index (χ0v) is 14.8. The number of rotatable bonds is 10. The Morgan fingerprint density at radius 2 is 2.00 bits per heavy atom. The number of nitrogens with zero attached hydrogens (tertiary/aromatic N) is 1. The van der Waals surface area contributed by atoms with E-state index in [0.717, 1.165) is 19.4 Å². The second kappa shape index (κ2) is 11.0. The van der Waals surface area contributed by atoms with Crippen LogP contribution < -0.4 is 16.0 Å². The third-order valence-corrected chi connectivity index (χ3v) is 4.04. The molecule has 0 unspecified atom stereocenters. The van der Waals surface area contributed by atoms with Crippen LogP contribution >= 0.6 is 11.3 Å². The molecule has 7 nitrogen and oxygen atoms in total. The Bertz CT molecular complexity index is 489. The molecule has 0 aliphatic carbocycles. The van der Waals surface area contributed by atoms with Gasteiger partial charge in [0, 0.05) is 24.5 Å². The van der Waals surface area contributed by atoms with Crippen LogP contribution in [0.2, 0.25) is 0 Å². The molecule has 1 heterocycles. The number of carbonyl (C=O) groups excluding carboxylic acids is 2. The highest BCUT2D eigenvalue weighted by Crippen LogP contribution is 2.15. The highest BCUT2D eigenvalue weighted by atomic mass is 32.1. The van der Waals surface area contributed by atoms with Crippen molar-refractivity contribution in [3.05, 3.63) is 11.1 Å². The maximum atomic E-state index is 11.8. The lowest BCUT2D eigenvalue weighted by molar-refractivity contribution is -0.142. The van der Waals surface area contributed by atoms with Gasteiger partial charge in [-0.15, -0.1) is 11.3 Å². The van der Waals surface area contributed by atoms with E-state index in [-0.39, 0.29) is 18.4 Å². The van der Waals surface area contributed by atoms with Gasteiger partial charge in [-0.25, -0.2) is 9.78 Å². The van der Waals surface area contributed by atoms with E-state index < -0.39 is 0 Å². The van der Waals surface area contributed by atoms with E-state index in [0.29, 0.717) is 30.0 Å². The molecule has 1 rings (SSSR count). The number of esters is 1. The van der Waals surface area contributed by atoms with E-state index in [9.17, 15) is 9.59 Å². The molecule has 2 amide bonds. The molecule has 23 heavy (non-hydrogen) atoms. The van der Waals surface area contributed by atoms with Crippen molar-refractivity contribution >= 4 is 28.5 Å². The zero-order chi connectivity index (χ0) is 17.1. The Kier molecular flexibility index (Phi) is 9.23. The third kappa shape index (κ3) is 7.94. The second-order valence-electron chi connectivity index (χ2n) is 4.97. The normalized spacial score (nSPS) is 10.6. The van der Waals surface area contributed by atoms with Crippen LogP contribution in [-0.2, 0) is 16.0 Å². The predicted octanol–water partition coefficient (Wildman–Crippen LogP) is 2.15. The Hall–Kier alpha value is -1.67. The summed E-state index contributed by atoms with van der Waals surface area (Å²) >= 11 is 1.28.